The van der Waals surface area contributed by atoms with Gasteiger partial charge in [0.05, 0.1) is 11.1 Å². The van der Waals surface area contributed by atoms with Crippen molar-refractivity contribution in [2.45, 2.75) is 33.1 Å². The molecule has 1 aliphatic rings. The molecule has 1 heterocycles. The van der Waals surface area contributed by atoms with Gasteiger partial charge in [0, 0.05) is 17.5 Å². The molecule has 0 saturated carbocycles. The highest BCUT2D eigenvalue weighted by Crippen LogP contribution is 2.32. The number of hydrazone groups is 1. The second-order valence-electron chi connectivity index (χ2n) is 6.41. The van der Waals surface area contributed by atoms with Crippen molar-refractivity contribution in [3.63, 3.8) is 0 Å². The van der Waals surface area contributed by atoms with Crippen molar-refractivity contribution < 1.29 is 9.59 Å². The lowest BCUT2D eigenvalue weighted by Gasteiger charge is -2.16. The lowest BCUT2D eigenvalue weighted by atomic mass is 9.90. The summed E-state index contributed by atoms with van der Waals surface area (Å²) in [6.45, 7) is 3.72. The van der Waals surface area contributed by atoms with E-state index in [2.05, 4.69) is 22.8 Å². The number of amides is 2. The highest BCUT2D eigenvalue weighted by molar-refractivity contribution is 7.14. The number of aryl methyl sites for hydroxylation is 1. The third kappa shape index (κ3) is 4.54. The van der Waals surface area contributed by atoms with Crippen molar-refractivity contribution in [2.24, 2.45) is 11.0 Å². The second-order valence-corrected chi connectivity index (χ2v) is 7.55. The predicted molar refractivity (Wildman–Crippen MR) is 101 cm³/mol. The first kappa shape index (κ1) is 17.4. The number of nitrogens with one attached hydrogen (secondary N) is 2. The number of rotatable bonds is 4. The van der Waals surface area contributed by atoms with Crippen LogP contribution in [0, 0.1) is 5.92 Å². The summed E-state index contributed by atoms with van der Waals surface area (Å²) >= 11 is 1.57. The van der Waals surface area contributed by atoms with E-state index >= 15 is 0 Å². The van der Waals surface area contributed by atoms with Gasteiger partial charge >= 0.3 is 0 Å². The summed E-state index contributed by atoms with van der Waals surface area (Å²) in [6, 6.07) is 9.24. The Bertz CT molecular complexity index is 809. The van der Waals surface area contributed by atoms with E-state index in [1.54, 1.807) is 29.7 Å². The van der Waals surface area contributed by atoms with E-state index in [0.717, 1.165) is 29.0 Å². The van der Waals surface area contributed by atoms with Crippen molar-refractivity contribution >= 4 is 35.1 Å². The zero-order valence-electron chi connectivity index (χ0n) is 14.3. The van der Waals surface area contributed by atoms with Gasteiger partial charge in [-0.2, -0.15) is 5.10 Å². The zero-order chi connectivity index (χ0) is 17.8. The molecule has 1 aromatic heterocycles. The maximum Gasteiger partial charge on any atom is 0.281 e. The van der Waals surface area contributed by atoms with Gasteiger partial charge in [0.25, 0.3) is 5.91 Å². The Morgan fingerprint density at radius 2 is 2.04 bits per heavy atom. The fourth-order valence-corrected chi connectivity index (χ4v) is 3.99. The number of benzene rings is 1. The Kier molecular flexibility index (Phi) is 5.28. The Morgan fingerprint density at radius 1 is 1.28 bits per heavy atom. The third-order valence-electron chi connectivity index (χ3n) is 4.16. The molecule has 0 saturated heterocycles. The lowest BCUT2D eigenvalue weighted by Crippen LogP contribution is -2.16. The van der Waals surface area contributed by atoms with Crippen LogP contribution in [0.1, 0.15) is 45.9 Å². The van der Waals surface area contributed by atoms with Crippen LogP contribution in [0.2, 0.25) is 0 Å². The molecule has 0 bridgehead atoms. The van der Waals surface area contributed by atoms with Gasteiger partial charge in [-0.25, -0.2) is 5.43 Å². The monoisotopic (exact) mass is 355 g/mol. The van der Waals surface area contributed by atoms with Crippen molar-refractivity contribution in [2.75, 3.05) is 5.32 Å². The lowest BCUT2D eigenvalue weighted by molar-refractivity contribution is -0.114. The first-order valence-electron chi connectivity index (χ1n) is 8.34. The summed E-state index contributed by atoms with van der Waals surface area (Å²) < 4.78 is 0. The van der Waals surface area contributed by atoms with E-state index in [0.29, 0.717) is 5.92 Å². The summed E-state index contributed by atoms with van der Waals surface area (Å²) in [5.74, 6) is 0.413. The van der Waals surface area contributed by atoms with Gasteiger partial charge in [-0.15, -0.1) is 11.3 Å². The van der Waals surface area contributed by atoms with Crippen LogP contribution in [0.4, 0.5) is 5.69 Å². The molecule has 2 aromatic rings. The van der Waals surface area contributed by atoms with Gasteiger partial charge in [-0.3, -0.25) is 9.59 Å². The van der Waals surface area contributed by atoms with Crippen LogP contribution in [0.15, 0.2) is 35.4 Å². The van der Waals surface area contributed by atoms with Crippen molar-refractivity contribution in [1.29, 1.82) is 0 Å². The van der Waals surface area contributed by atoms with Gasteiger partial charge in [-0.1, -0.05) is 19.1 Å². The minimum absolute atomic E-state index is 0.110. The van der Waals surface area contributed by atoms with Crippen molar-refractivity contribution in [1.82, 2.24) is 5.43 Å². The summed E-state index contributed by atoms with van der Waals surface area (Å²) in [5.41, 5.74) is 5.47. The number of fused-ring (bicyclic) bond motifs is 1. The van der Waals surface area contributed by atoms with Crippen molar-refractivity contribution in [3.8, 4) is 0 Å². The summed E-state index contributed by atoms with van der Waals surface area (Å²) in [6.07, 6.45) is 4.91. The molecule has 6 heteroatoms. The molecule has 2 amide bonds. The SMILES string of the molecule is CC(=O)Nc1ccc(/C=N/NC(=O)c2cc3c(s2)CCC(C)C3)cc1. The quantitative estimate of drug-likeness (QED) is 0.650. The van der Waals surface area contributed by atoms with E-state index in [-0.39, 0.29) is 11.8 Å². The fourth-order valence-electron chi connectivity index (χ4n) is 2.89. The average Bonchev–Trinajstić information content (AvgIpc) is 2.99. The highest BCUT2D eigenvalue weighted by Gasteiger charge is 2.20. The van der Waals surface area contributed by atoms with Gasteiger partial charge in [0.1, 0.15) is 0 Å². The molecule has 1 aliphatic carbocycles. The Hall–Kier alpha value is -2.47. The van der Waals surface area contributed by atoms with Crippen LogP contribution < -0.4 is 10.7 Å². The molecule has 1 unspecified atom stereocenters. The van der Waals surface area contributed by atoms with E-state index in [1.807, 2.05) is 18.2 Å². The maximum absolute atomic E-state index is 12.2. The van der Waals surface area contributed by atoms with E-state index in [1.165, 1.54) is 23.8 Å². The molecule has 0 aliphatic heterocycles. The van der Waals surface area contributed by atoms with Gasteiger partial charge in [-0.05, 0) is 54.5 Å². The number of carbonyl (C=O) groups is 2. The number of nitrogens with zero attached hydrogens (tertiary/aromatic N) is 1. The minimum atomic E-state index is -0.168. The minimum Gasteiger partial charge on any atom is -0.326 e. The Labute approximate surface area is 151 Å². The van der Waals surface area contributed by atoms with Crippen LogP contribution in [0.5, 0.6) is 0 Å². The number of hydrogen-bond acceptors (Lipinski definition) is 4. The molecular formula is C19H21N3O2S. The average molecular weight is 355 g/mol. The molecule has 3 rings (SSSR count). The molecule has 1 atom stereocenters. The molecule has 5 nitrogen and oxygen atoms in total. The predicted octanol–water partition coefficient (Wildman–Crippen LogP) is 3.60. The van der Waals surface area contributed by atoms with Crippen LogP contribution in [0.25, 0.3) is 0 Å². The molecule has 0 spiro atoms. The van der Waals surface area contributed by atoms with Gasteiger partial charge in [0.2, 0.25) is 5.91 Å². The Balaban J connectivity index is 1.58. The van der Waals surface area contributed by atoms with Crippen LogP contribution in [-0.2, 0) is 17.6 Å². The molecule has 0 fully saturated rings. The van der Waals surface area contributed by atoms with Gasteiger partial charge < -0.3 is 5.32 Å². The van der Waals surface area contributed by atoms with E-state index in [9.17, 15) is 9.59 Å². The Morgan fingerprint density at radius 3 is 2.76 bits per heavy atom. The zero-order valence-corrected chi connectivity index (χ0v) is 15.2. The number of hydrogen-bond donors (Lipinski definition) is 2. The molecular weight excluding hydrogens is 334 g/mol. The fraction of sp³-hybridized carbons (Fsp3) is 0.316. The molecule has 1 aromatic carbocycles. The maximum atomic E-state index is 12.2. The smallest absolute Gasteiger partial charge is 0.281 e. The molecule has 130 valence electrons. The van der Waals surface area contributed by atoms with E-state index in [4.69, 9.17) is 0 Å². The van der Waals surface area contributed by atoms with Crippen LogP contribution >= 0.6 is 11.3 Å². The van der Waals surface area contributed by atoms with Crippen LogP contribution in [0.3, 0.4) is 0 Å². The number of anilines is 1. The number of thiophene rings is 1. The normalized spacial score (nSPS) is 16.5. The summed E-state index contributed by atoms with van der Waals surface area (Å²) in [7, 11) is 0. The van der Waals surface area contributed by atoms with Crippen LogP contribution in [-0.4, -0.2) is 18.0 Å². The first-order chi connectivity index (χ1) is 12.0. The van der Waals surface area contributed by atoms with E-state index < -0.39 is 0 Å². The third-order valence-corrected chi connectivity index (χ3v) is 5.40. The summed E-state index contributed by atoms with van der Waals surface area (Å²) in [5, 5.41) is 6.73. The topological polar surface area (TPSA) is 70.6 Å². The first-order valence-corrected chi connectivity index (χ1v) is 9.15. The molecule has 2 N–H and O–H groups in total. The highest BCUT2D eigenvalue weighted by atomic mass is 32.1. The summed E-state index contributed by atoms with van der Waals surface area (Å²) in [4.78, 5) is 25.3. The largest absolute Gasteiger partial charge is 0.326 e. The van der Waals surface area contributed by atoms with Gasteiger partial charge in [0.15, 0.2) is 0 Å². The molecule has 0 radical (unpaired) electrons. The number of carbonyl (C=O) groups excluding carboxylic acids is 2. The van der Waals surface area contributed by atoms with Crippen molar-refractivity contribution in [3.05, 3.63) is 51.2 Å². The molecule has 25 heavy (non-hydrogen) atoms. The second kappa shape index (κ2) is 7.61. The standard InChI is InChI=1S/C19H21N3O2S/c1-12-3-8-17-15(9-12)10-18(25-17)19(24)22-20-11-14-4-6-16(7-5-14)21-13(2)23/h4-7,10-12H,3,8-9H2,1-2H3,(H,21,23)(H,22,24)/b20-11+.